The Balaban J connectivity index is 4.24. The van der Waals surface area contributed by atoms with Crippen LogP contribution in [0.1, 0.15) is 27.7 Å². The third-order valence-electron chi connectivity index (χ3n) is 1.73. The topological polar surface area (TPSA) is 86.7 Å². The van der Waals surface area contributed by atoms with Crippen molar-refractivity contribution in [2.45, 2.75) is 33.3 Å². The first-order chi connectivity index (χ1) is 8.43. The van der Waals surface area contributed by atoms with Gasteiger partial charge in [0, 0.05) is 5.57 Å². The predicted molar refractivity (Wildman–Crippen MR) is 70.3 cm³/mol. The van der Waals surface area contributed by atoms with Gasteiger partial charge in [-0.3, -0.25) is 4.79 Å². The van der Waals surface area contributed by atoms with Crippen molar-refractivity contribution in [3.63, 3.8) is 0 Å². The van der Waals surface area contributed by atoms with Crippen molar-refractivity contribution < 1.29 is 27.5 Å². The zero-order valence-electron chi connectivity index (χ0n) is 11.7. The number of carbonyl (C=O) groups is 2. The molecule has 0 rings (SSSR count). The summed E-state index contributed by atoms with van der Waals surface area (Å²) in [6.07, 6.45) is 0. The fourth-order valence-electron chi connectivity index (χ4n) is 1.01. The van der Waals surface area contributed by atoms with E-state index >= 15 is 0 Å². The average molecular weight is 292 g/mol. The van der Waals surface area contributed by atoms with Gasteiger partial charge < -0.3 is 9.47 Å². The lowest BCUT2D eigenvalue weighted by molar-refractivity contribution is -0.151. The molecule has 0 saturated heterocycles. The van der Waals surface area contributed by atoms with E-state index in [1.807, 2.05) is 0 Å². The minimum Gasteiger partial charge on any atom is -0.461 e. The molecule has 0 fully saturated rings. The lowest BCUT2D eigenvalue weighted by Gasteiger charge is -2.19. The highest BCUT2D eigenvalue weighted by atomic mass is 32.2. The number of hydrogen-bond donors (Lipinski definition) is 0. The summed E-state index contributed by atoms with van der Waals surface area (Å²) in [5, 5.41) is 0. The quantitative estimate of drug-likeness (QED) is 0.533. The van der Waals surface area contributed by atoms with E-state index in [1.165, 1.54) is 6.92 Å². The van der Waals surface area contributed by atoms with Crippen LogP contribution < -0.4 is 0 Å². The second-order valence-corrected chi connectivity index (χ2v) is 7.28. The Labute approximate surface area is 113 Å². The molecule has 0 aromatic rings. The van der Waals surface area contributed by atoms with Crippen LogP contribution in [0, 0.1) is 0 Å². The number of sulfone groups is 1. The molecule has 0 heterocycles. The monoisotopic (exact) mass is 292 g/mol. The molecule has 0 aliphatic heterocycles. The van der Waals surface area contributed by atoms with Crippen LogP contribution >= 0.6 is 0 Å². The van der Waals surface area contributed by atoms with Crippen LogP contribution in [0.25, 0.3) is 0 Å². The van der Waals surface area contributed by atoms with Gasteiger partial charge in [-0.25, -0.2) is 13.2 Å². The lowest BCUT2D eigenvalue weighted by atomic mass is 10.2. The molecule has 7 heteroatoms. The zero-order valence-corrected chi connectivity index (χ0v) is 12.5. The van der Waals surface area contributed by atoms with Crippen molar-refractivity contribution in [1.82, 2.24) is 0 Å². The number of carbonyl (C=O) groups excluding carboxylic acids is 2. The van der Waals surface area contributed by atoms with E-state index in [1.54, 1.807) is 20.8 Å². The molecular weight excluding hydrogens is 272 g/mol. The van der Waals surface area contributed by atoms with Gasteiger partial charge in [0.1, 0.15) is 18.0 Å². The highest BCUT2D eigenvalue weighted by molar-refractivity contribution is 7.92. The molecule has 0 atom stereocenters. The minimum absolute atomic E-state index is 0.185. The Morgan fingerprint density at radius 2 is 1.74 bits per heavy atom. The molecule has 0 spiro atoms. The number of rotatable bonds is 6. The third kappa shape index (κ3) is 9.24. The Morgan fingerprint density at radius 3 is 2.16 bits per heavy atom. The van der Waals surface area contributed by atoms with Crippen LogP contribution in [0.5, 0.6) is 0 Å². The molecule has 0 aliphatic carbocycles. The van der Waals surface area contributed by atoms with Gasteiger partial charge in [0.15, 0.2) is 9.84 Å². The smallest absolute Gasteiger partial charge is 0.333 e. The van der Waals surface area contributed by atoms with Crippen molar-refractivity contribution >= 4 is 21.8 Å². The molecule has 0 bridgehead atoms. The van der Waals surface area contributed by atoms with E-state index in [-0.39, 0.29) is 12.2 Å². The Kier molecular flexibility index (Phi) is 6.21. The van der Waals surface area contributed by atoms with Crippen LogP contribution in [0.15, 0.2) is 12.2 Å². The third-order valence-corrected chi connectivity index (χ3v) is 3.20. The van der Waals surface area contributed by atoms with E-state index in [0.717, 1.165) is 0 Å². The fourth-order valence-corrected chi connectivity index (χ4v) is 1.91. The Bertz CT molecular complexity index is 455. The summed E-state index contributed by atoms with van der Waals surface area (Å²) < 4.78 is 32.7. The van der Waals surface area contributed by atoms with Gasteiger partial charge in [-0.1, -0.05) is 6.58 Å². The summed E-state index contributed by atoms with van der Waals surface area (Å²) in [5.74, 6) is -2.63. The number of ether oxygens (including phenoxy) is 2. The van der Waals surface area contributed by atoms with Gasteiger partial charge in [0.2, 0.25) is 0 Å². The van der Waals surface area contributed by atoms with E-state index in [9.17, 15) is 18.0 Å². The highest BCUT2D eigenvalue weighted by Gasteiger charge is 2.23. The van der Waals surface area contributed by atoms with E-state index < -0.39 is 38.9 Å². The Morgan fingerprint density at radius 1 is 1.21 bits per heavy atom. The zero-order chi connectivity index (χ0) is 15.3. The second kappa shape index (κ2) is 6.70. The Hall–Kier alpha value is -1.37. The van der Waals surface area contributed by atoms with Crippen LogP contribution in [0.4, 0.5) is 0 Å². The summed E-state index contributed by atoms with van der Waals surface area (Å²) in [5.41, 5.74) is -0.552. The first-order valence-electron chi connectivity index (χ1n) is 5.68. The predicted octanol–water partition coefficient (Wildman–Crippen LogP) is 0.862. The molecule has 0 unspecified atom stereocenters. The summed E-state index contributed by atoms with van der Waals surface area (Å²) >= 11 is 0. The van der Waals surface area contributed by atoms with E-state index in [4.69, 9.17) is 4.74 Å². The number of esters is 2. The van der Waals surface area contributed by atoms with Gasteiger partial charge in [-0.15, -0.1) is 0 Å². The van der Waals surface area contributed by atoms with Gasteiger partial charge in [-0.2, -0.15) is 0 Å². The molecular formula is C12H20O6S. The maximum absolute atomic E-state index is 11.6. The van der Waals surface area contributed by atoms with Crippen LogP contribution in [0.3, 0.4) is 0 Å². The van der Waals surface area contributed by atoms with E-state index in [2.05, 4.69) is 11.3 Å². The van der Waals surface area contributed by atoms with Crippen molar-refractivity contribution in [3.8, 4) is 0 Å². The van der Waals surface area contributed by atoms with Crippen molar-refractivity contribution in [1.29, 1.82) is 0 Å². The van der Waals surface area contributed by atoms with Crippen molar-refractivity contribution in [3.05, 3.63) is 12.2 Å². The van der Waals surface area contributed by atoms with Crippen molar-refractivity contribution in [2.75, 3.05) is 18.1 Å². The maximum atomic E-state index is 11.6. The lowest BCUT2D eigenvalue weighted by Crippen LogP contribution is -2.30. The normalized spacial score (nSPS) is 11.8. The van der Waals surface area contributed by atoms with Crippen LogP contribution in [-0.2, 0) is 28.9 Å². The standard InChI is InChI=1S/C12H20O6S/c1-9(2)11(14)17-6-7-19(15,16)8-10(13)18-12(3,4)5/h1,6-8H2,2-5H3. The largest absolute Gasteiger partial charge is 0.461 e. The molecule has 0 aliphatic rings. The average Bonchev–Trinajstić information content (AvgIpc) is 2.12. The van der Waals surface area contributed by atoms with Gasteiger partial charge >= 0.3 is 11.9 Å². The maximum Gasteiger partial charge on any atom is 0.333 e. The summed E-state index contributed by atoms with van der Waals surface area (Å²) in [4.78, 5) is 22.4. The molecule has 0 saturated carbocycles. The second-order valence-electron chi connectivity index (χ2n) is 5.09. The van der Waals surface area contributed by atoms with Gasteiger partial charge in [0.25, 0.3) is 0 Å². The molecule has 0 aromatic heterocycles. The summed E-state index contributed by atoms with van der Waals surface area (Å²) in [7, 11) is -3.66. The van der Waals surface area contributed by atoms with E-state index in [0.29, 0.717) is 0 Å². The molecule has 0 aromatic carbocycles. The molecule has 19 heavy (non-hydrogen) atoms. The molecule has 110 valence electrons. The van der Waals surface area contributed by atoms with Crippen LogP contribution in [0.2, 0.25) is 0 Å². The summed E-state index contributed by atoms with van der Waals surface area (Å²) in [6, 6.07) is 0. The minimum atomic E-state index is -3.66. The fraction of sp³-hybridized carbons (Fsp3) is 0.667. The summed E-state index contributed by atoms with van der Waals surface area (Å²) in [6.45, 7) is 9.44. The first-order valence-corrected chi connectivity index (χ1v) is 7.50. The molecule has 0 radical (unpaired) electrons. The van der Waals surface area contributed by atoms with Crippen LogP contribution in [-0.4, -0.2) is 44.1 Å². The van der Waals surface area contributed by atoms with Crippen molar-refractivity contribution in [2.24, 2.45) is 0 Å². The SMILES string of the molecule is C=C(C)C(=O)OCCS(=O)(=O)CC(=O)OC(C)(C)C. The molecule has 0 amide bonds. The van der Waals surface area contributed by atoms with Gasteiger partial charge in [0.05, 0.1) is 5.75 Å². The number of hydrogen-bond acceptors (Lipinski definition) is 6. The van der Waals surface area contributed by atoms with Gasteiger partial charge in [-0.05, 0) is 27.7 Å². The first kappa shape index (κ1) is 17.6. The highest BCUT2D eigenvalue weighted by Crippen LogP contribution is 2.08. The molecule has 6 nitrogen and oxygen atoms in total. The molecule has 0 N–H and O–H groups in total.